The van der Waals surface area contributed by atoms with Gasteiger partial charge in [0.1, 0.15) is 6.04 Å². The van der Waals surface area contributed by atoms with E-state index in [1.807, 2.05) is 0 Å². The zero-order valence-corrected chi connectivity index (χ0v) is 32.6. The zero-order chi connectivity index (χ0) is 41.0. The van der Waals surface area contributed by atoms with E-state index in [1.165, 1.54) is 29.6 Å². The van der Waals surface area contributed by atoms with E-state index in [-0.39, 0.29) is 57.0 Å². The second kappa shape index (κ2) is 15.5. The van der Waals surface area contributed by atoms with E-state index >= 15 is 0 Å². The fraction of sp³-hybridized carbons (Fsp3) is 0.378. The second-order valence-corrected chi connectivity index (χ2v) is 17.0. The van der Waals surface area contributed by atoms with E-state index in [1.54, 1.807) is 18.2 Å². The van der Waals surface area contributed by atoms with Crippen LogP contribution < -0.4 is 20.3 Å². The first kappa shape index (κ1) is 40.4. The Balaban J connectivity index is 0.908. The van der Waals surface area contributed by atoms with E-state index in [0.29, 0.717) is 51.0 Å². The van der Waals surface area contributed by atoms with Gasteiger partial charge in [0, 0.05) is 55.8 Å². The number of halogens is 5. The Bertz CT molecular complexity index is 2280. The molecule has 0 aliphatic carbocycles. The Morgan fingerprint density at radius 2 is 1.60 bits per heavy atom. The molecule has 5 amide bonds. The number of likely N-dealkylation sites (tertiary alicyclic amines) is 1. The predicted octanol–water partition coefficient (Wildman–Crippen LogP) is 4.86. The van der Waals surface area contributed by atoms with Crippen LogP contribution in [0.2, 0.25) is 10.0 Å². The van der Waals surface area contributed by atoms with Gasteiger partial charge in [0.25, 0.3) is 17.7 Å². The molecule has 4 heterocycles. The topological polar surface area (TPSA) is 169 Å². The van der Waals surface area contributed by atoms with Crippen LogP contribution in [0.15, 0.2) is 54.6 Å². The van der Waals surface area contributed by atoms with Crippen molar-refractivity contribution in [1.29, 1.82) is 0 Å². The molecule has 302 valence electrons. The fourth-order valence-electron chi connectivity index (χ4n) is 7.57. The van der Waals surface area contributed by atoms with Crippen molar-refractivity contribution in [3.63, 3.8) is 0 Å². The van der Waals surface area contributed by atoms with Crippen LogP contribution in [-0.2, 0) is 26.0 Å². The molecule has 57 heavy (non-hydrogen) atoms. The molecule has 1 unspecified atom stereocenters. The summed E-state index contributed by atoms with van der Waals surface area (Å²) >= 11 is 12.1. The van der Waals surface area contributed by atoms with Crippen LogP contribution >= 0.6 is 23.2 Å². The Morgan fingerprint density at radius 1 is 0.912 bits per heavy atom. The molecular weight excluding hydrogens is 814 g/mol. The number of alkyl halides is 3. The van der Waals surface area contributed by atoms with E-state index in [4.69, 9.17) is 23.2 Å². The number of piperidine rings is 2. The van der Waals surface area contributed by atoms with Gasteiger partial charge in [-0.3, -0.25) is 38.9 Å². The lowest BCUT2D eigenvalue weighted by molar-refractivity contribution is -0.138. The van der Waals surface area contributed by atoms with Crippen molar-refractivity contribution in [2.75, 3.05) is 54.7 Å². The van der Waals surface area contributed by atoms with E-state index in [2.05, 4.69) is 25.2 Å². The Labute approximate surface area is 335 Å². The van der Waals surface area contributed by atoms with Crippen LogP contribution in [0, 0.1) is 5.92 Å². The van der Waals surface area contributed by atoms with Gasteiger partial charge in [-0.05, 0) is 86.9 Å². The molecule has 3 saturated heterocycles. The number of carbonyl (C=O) groups excluding carboxylic acids is 5. The maximum absolute atomic E-state index is 13.6. The third-order valence-corrected chi connectivity index (χ3v) is 12.8. The number of hydrogen-bond donors (Lipinski definition) is 3. The quantitative estimate of drug-likeness (QED) is 0.242. The zero-order valence-electron chi connectivity index (χ0n) is 30.2. The van der Waals surface area contributed by atoms with E-state index < -0.39 is 57.5 Å². The van der Waals surface area contributed by atoms with Gasteiger partial charge in [-0.1, -0.05) is 23.2 Å². The van der Waals surface area contributed by atoms with E-state index in [9.17, 15) is 45.6 Å². The fourth-order valence-corrected chi connectivity index (χ4v) is 9.17. The Kier molecular flexibility index (Phi) is 11.0. The average molecular weight is 851 g/mol. The molecule has 1 atom stereocenters. The number of carbonyl (C=O) groups is 5. The van der Waals surface area contributed by atoms with Crippen LogP contribution in [0.3, 0.4) is 0 Å². The van der Waals surface area contributed by atoms with Gasteiger partial charge in [0.15, 0.2) is 0 Å². The molecular formula is C37H36Cl2F3N7O7S. The molecule has 4 aliphatic rings. The van der Waals surface area contributed by atoms with Gasteiger partial charge in [0.05, 0.1) is 38.7 Å². The SMILES string of the molecule is CN(C1CCN(CC2CN(c3ccc4c(c3)C(=O)N(C3CCC(=O)NC3=O)C4=O)C2)CC1)S(=O)(=O)Nc1ccc(Cl)cc1C(=O)Nc1ccc(C(F)(F)F)cc1Cl. The molecule has 0 radical (unpaired) electrons. The molecule has 20 heteroatoms. The number of rotatable bonds is 10. The standard InChI is InChI=1S/C37H36Cl2F3N7O7S/c1-46(57(55,56)45-29-7-3-22(38)15-27(29)33(51)43-30-6-2-21(14-28(30)39)37(40,41)42)23-10-12-47(13-11-23)17-20-18-48(19-20)24-4-5-25-26(16-24)36(54)49(35(25)53)31-8-9-32(50)44-34(31)52/h2-7,14-16,20,23,31,45H,8-13,17-19H2,1H3,(H,43,51)(H,44,50,52). The number of amides is 5. The first-order valence-corrected chi connectivity index (χ1v) is 20.2. The number of fused-ring (bicyclic) bond motifs is 1. The van der Waals surface area contributed by atoms with Crippen molar-refractivity contribution in [1.82, 2.24) is 19.4 Å². The summed E-state index contributed by atoms with van der Waals surface area (Å²) in [7, 11) is -2.73. The summed E-state index contributed by atoms with van der Waals surface area (Å²) in [6.45, 7) is 3.45. The third kappa shape index (κ3) is 8.32. The minimum Gasteiger partial charge on any atom is -0.371 e. The Morgan fingerprint density at radius 3 is 2.26 bits per heavy atom. The number of hydrogen-bond acceptors (Lipinski definition) is 9. The van der Waals surface area contributed by atoms with Gasteiger partial charge >= 0.3 is 16.4 Å². The summed E-state index contributed by atoms with van der Waals surface area (Å²) in [5.74, 6) is -2.76. The summed E-state index contributed by atoms with van der Waals surface area (Å²) in [4.78, 5) is 68.8. The third-order valence-electron chi connectivity index (χ3n) is 10.7. The van der Waals surface area contributed by atoms with Gasteiger partial charge in [-0.15, -0.1) is 0 Å². The van der Waals surface area contributed by atoms with Crippen molar-refractivity contribution in [3.05, 3.63) is 86.9 Å². The molecule has 0 spiro atoms. The maximum Gasteiger partial charge on any atom is 0.416 e. The van der Waals surface area contributed by atoms with Gasteiger partial charge in [0.2, 0.25) is 11.8 Å². The van der Waals surface area contributed by atoms with Crippen LogP contribution in [0.25, 0.3) is 0 Å². The lowest BCUT2D eigenvalue weighted by Gasteiger charge is -2.45. The minimum absolute atomic E-state index is 0.0409. The van der Waals surface area contributed by atoms with Crippen molar-refractivity contribution >= 4 is 80.0 Å². The maximum atomic E-state index is 13.6. The molecule has 3 N–H and O–H groups in total. The summed E-state index contributed by atoms with van der Waals surface area (Å²) in [5.41, 5.74) is -0.159. The Hall–Kier alpha value is -4.75. The molecule has 0 aromatic heterocycles. The molecule has 7 rings (SSSR count). The average Bonchev–Trinajstić information content (AvgIpc) is 3.38. The first-order valence-electron chi connectivity index (χ1n) is 18.0. The van der Waals surface area contributed by atoms with Crippen molar-refractivity contribution in [2.24, 2.45) is 5.92 Å². The number of benzene rings is 3. The number of nitrogens with zero attached hydrogens (tertiary/aromatic N) is 4. The largest absolute Gasteiger partial charge is 0.416 e. The molecule has 3 fully saturated rings. The van der Waals surface area contributed by atoms with Crippen LogP contribution in [0.5, 0.6) is 0 Å². The second-order valence-electron chi connectivity index (χ2n) is 14.4. The van der Waals surface area contributed by atoms with Crippen LogP contribution in [-0.4, -0.2) is 104 Å². The number of anilines is 3. The molecule has 3 aromatic carbocycles. The molecule has 0 bridgehead atoms. The summed E-state index contributed by atoms with van der Waals surface area (Å²) in [6, 6.07) is 10.0. The smallest absolute Gasteiger partial charge is 0.371 e. The van der Waals surface area contributed by atoms with Crippen molar-refractivity contribution in [2.45, 2.75) is 43.9 Å². The monoisotopic (exact) mass is 849 g/mol. The highest BCUT2D eigenvalue weighted by atomic mass is 35.5. The number of nitrogens with one attached hydrogen (secondary N) is 3. The summed E-state index contributed by atoms with van der Waals surface area (Å²) < 4.78 is 70.0. The molecule has 14 nitrogen and oxygen atoms in total. The van der Waals surface area contributed by atoms with Crippen molar-refractivity contribution < 1.29 is 45.6 Å². The highest BCUT2D eigenvalue weighted by molar-refractivity contribution is 7.90. The normalized spacial score (nSPS) is 19.8. The van der Waals surface area contributed by atoms with Crippen LogP contribution in [0.4, 0.5) is 30.2 Å². The molecule has 4 aliphatic heterocycles. The molecule has 0 saturated carbocycles. The number of imide groups is 2. The lowest BCUT2D eigenvalue weighted by Crippen LogP contribution is -2.54. The van der Waals surface area contributed by atoms with E-state index in [0.717, 1.165) is 29.3 Å². The van der Waals surface area contributed by atoms with Crippen LogP contribution in [0.1, 0.15) is 62.3 Å². The highest BCUT2D eigenvalue weighted by Gasteiger charge is 2.45. The highest BCUT2D eigenvalue weighted by Crippen LogP contribution is 2.36. The van der Waals surface area contributed by atoms with Crippen molar-refractivity contribution in [3.8, 4) is 0 Å². The summed E-state index contributed by atoms with van der Waals surface area (Å²) in [6.07, 6.45) is -3.44. The first-order chi connectivity index (χ1) is 26.9. The molecule has 3 aromatic rings. The van der Waals surface area contributed by atoms with Gasteiger partial charge in [-0.2, -0.15) is 25.9 Å². The minimum atomic E-state index is -4.64. The van der Waals surface area contributed by atoms with Gasteiger partial charge in [-0.25, -0.2) is 0 Å². The van der Waals surface area contributed by atoms with Gasteiger partial charge < -0.3 is 15.1 Å². The predicted molar refractivity (Wildman–Crippen MR) is 204 cm³/mol. The summed E-state index contributed by atoms with van der Waals surface area (Å²) in [5, 5.41) is 4.37. The lowest BCUT2D eigenvalue weighted by atomic mass is 9.95.